The number of aliphatic carboxylic acids is 3. The van der Waals surface area contributed by atoms with E-state index in [1.807, 2.05) is 0 Å². The number of carboxylic acids is 3. The number of allylic oxidation sites excluding steroid dienone is 1. The summed E-state index contributed by atoms with van der Waals surface area (Å²) in [6, 6.07) is 0. The van der Waals surface area contributed by atoms with Crippen LogP contribution in [0.3, 0.4) is 0 Å². The average Bonchev–Trinajstić information content (AvgIpc) is 2.26. The molecule has 6 heteroatoms. The Bertz CT molecular complexity index is 344. The van der Waals surface area contributed by atoms with Crippen LogP contribution in [0, 0.1) is 5.92 Å². The highest BCUT2D eigenvalue weighted by molar-refractivity contribution is 5.86. The maximum atomic E-state index is 10.9. The molecule has 18 heavy (non-hydrogen) atoms. The fourth-order valence-electron chi connectivity index (χ4n) is 1.50. The van der Waals surface area contributed by atoms with Gasteiger partial charge < -0.3 is 15.3 Å². The minimum absolute atomic E-state index is 0.0796. The van der Waals surface area contributed by atoms with Crippen molar-refractivity contribution < 1.29 is 29.7 Å². The van der Waals surface area contributed by atoms with Gasteiger partial charge >= 0.3 is 17.9 Å². The predicted molar refractivity (Wildman–Crippen MR) is 63.2 cm³/mol. The lowest BCUT2D eigenvalue weighted by atomic mass is 9.96. The first-order valence-electron chi connectivity index (χ1n) is 5.75. The van der Waals surface area contributed by atoms with Crippen LogP contribution in [0.1, 0.15) is 39.0 Å². The van der Waals surface area contributed by atoms with Crippen molar-refractivity contribution in [2.24, 2.45) is 5.92 Å². The van der Waals surface area contributed by atoms with E-state index < -0.39 is 23.8 Å². The van der Waals surface area contributed by atoms with E-state index >= 15 is 0 Å². The highest BCUT2D eigenvalue weighted by Gasteiger charge is 2.17. The zero-order chi connectivity index (χ0) is 14.1. The van der Waals surface area contributed by atoms with E-state index in [4.69, 9.17) is 15.3 Å². The van der Waals surface area contributed by atoms with Crippen LogP contribution < -0.4 is 0 Å². The van der Waals surface area contributed by atoms with Crippen LogP contribution in [-0.2, 0) is 14.4 Å². The summed E-state index contributed by atoms with van der Waals surface area (Å²) >= 11 is 0. The second-order valence-electron chi connectivity index (χ2n) is 3.95. The van der Waals surface area contributed by atoms with Crippen molar-refractivity contribution in [1.29, 1.82) is 0 Å². The van der Waals surface area contributed by atoms with Gasteiger partial charge in [0, 0.05) is 12.0 Å². The zero-order valence-electron chi connectivity index (χ0n) is 10.3. The molecule has 0 aliphatic heterocycles. The minimum Gasteiger partial charge on any atom is -0.481 e. The van der Waals surface area contributed by atoms with Gasteiger partial charge in [-0.3, -0.25) is 9.59 Å². The minimum atomic E-state index is -1.12. The molecule has 0 aromatic carbocycles. The molecule has 0 bridgehead atoms. The van der Waals surface area contributed by atoms with Gasteiger partial charge in [0.15, 0.2) is 0 Å². The van der Waals surface area contributed by atoms with Crippen molar-refractivity contribution in [3.05, 3.63) is 11.6 Å². The maximum Gasteiger partial charge on any atom is 0.331 e. The Kier molecular flexibility index (Phi) is 7.42. The van der Waals surface area contributed by atoms with Crippen LogP contribution in [0.25, 0.3) is 0 Å². The molecule has 3 N–H and O–H groups in total. The van der Waals surface area contributed by atoms with Crippen LogP contribution in [0.5, 0.6) is 0 Å². The molecule has 6 nitrogen and oxygen atoms in total. The summed E-state index contributed by atoms with van der Waals surface area (Å²) in [6.45, 7) is 1.73. The van der Waals surface area contributed by atoms with E-state index in [0.29, 0.717) is 6.42 Å². The molecule has 0 rings (SSSR count). The molecule has 0 saturated carbocycles. The first-order chi connectivity index (χ1) is 8.38. The summed E-state index contributed by atoms with van der Waals surface area (Å²) in [6.07, 6.45) is 2.19. The normalized spacial score (nSPS) is 13.1. The van der Waals surface area contributed by atoms with Crippen LogP contribution in [0.4, 0.5) is 0 Å². The Morgan fingerprint density at radius 1 is 1.11 bits per heavy atom. The fourth-order valence-corrected chi connectivity index (χ4v) is 1.50. The number of hydrogen-bond acceptors (Lipinski definition) is 3. The topological polar surface area (TPSA) is 112 Å². The van der Waals surface area contributed by atoms with Crippen molar-refractivity contribution in [3.8, 4) is 0 Å². The fraction of sp³-hybridized carbons (Fsp3) is 0.583. The highest BCUT2D eigenvalue weighted by Crippen LogP contribution is 2.16. The first kappa shape index (κ1) is 16.1. The lowest BCUT2D eigenvalue weighted by Gasteiger charge is -2.09. The van der Waals surface area contributed by atoms with E-state index in [1.54, 1.807) is 6.92 Å². The molecular weight excluding hydrogens is 240 g/mol. The summed E-state index contributed by atoms with van der Waals surface area (Å²) in [5, 5.41) is 26.2. The Morgan fingerprint density at radius 2 is 1.72 bits per heavy atom. The number of hydrogen-bond donors (Lipinski definition) is 3. The molecule has 1 unspecified atom stereocenters. The van der Waals surface area contributed by atoms with Crippen LogP contribution in [0.15, 0.2) is 11.6 Å². The molecule has 0 fully saturated rings. The second-order valence-corrected chi connectivity index (χ2v) is 3.95. The molecule has 0 aliphatic rings. The Morgan fingerprint density at radius 3 is 2.11 bits per heavy atom. The van der Waals surface area contributed by atoms with E-state index in [0.717, 1.165) is 0 Å². The first-order valence-corrected chi connectivity index (χ1v) is 5.75. The van der Waals surface area contributed by atoms with Crippen LogP contribution in [0.2, 0.25) is 0 Å². The molecule has 0 aromatic rings. The van der Waals surface area contributed by atoms with Crippen molar-refractivity contribution in [2.75, 3.05) is 0 Å². The molecule has 0 radical (unpaired) electrons. The van der Waals surface area contributed by atoms with Crippen LogP contribution in [-0.4, -0.2) is 33.2 Å². The maximum absolute atomic E-state index is 10.9. The zero-order valence-corrected chi connectivity index (χ0v) is 10.3. The molecule has 0 aromatic heterocycles. The number of carboxylic acid groups (broad SMARTS) is 3. The molecule has 0 amide bonds. The quantitative estimate of drug-likeness (QED) is 0.543. The lowest BCUT2D eigenvalue weighted by molar-refractivity contribution is -0.142. The van der Waals surface area contributed by atoms with Gasteiger partial charge in [0.05, 0.1) is 5.92 Å². The Labute approximate surface area is 105 Å². The third-order valence-corrected chi connectivity index (χ3v) is 2.63. The van der Waals surface area contributed by atoms with Crippen molar-refractivity contribution in [3.63, 3.8) is 0 Å². The SMILES string of the molecule is CCC(CCC(=CCCC(=O)O)C(=O)O)C(=O)O. The molecule has 1 atom stereocenters. The van der Waals surface area contributed by atoms with Gasteiger partial charge in [0.25, 0.3) is 0 Å². The average molecular weight is 258 g/mol. The van der Waals surface area contributed by atoms with Crippen molar-refractivity contribution in [1.82, 2.24) is 0 Å². The number of carbonyl (C=O) groups is 3. The van der Waals surface area contributed by atoms with Crippen LogP contribution >= 0.6 is 0 Å². The summed E-state index contributed by atoms with van der Waals surface area (Å²) in [5.41, 5.74) is 0.0796. The largest absolute Gasteiger partial charge is 0.481 e. The molecule has 0 saturated heterocycles. The van der Waals surface area contributed by atoms with E-state index in [-0.39, 0.29) is 31.3 Å². The molecule has 0 spiro atoms. The number of rotatable bonds is 9. The van der Waals surface area contributed by atoms with Gasteiger partial charge in [-0.1, -0.05) is 13.0 Å². The third kappa shape index (κ3) is 6.67. The van der Waals surface area contributed by atoms with Gasteiger partial charge in [-0.05, 0) is 25.7 Å². The van der Waals surface area contributed by atoms with E-state index in [1.165, 1.54) is 6.08 Å². The molecular formula is C12H18O6. The third-order valence-electron chi connectivity index (χ3n) is 2.63. The molecule has 0 heterocycles. The smallest absolute Gasteiger partial charge is 0.331 e. The van der Waals surface area contributed by atoms with Gasteiger partial charge in [-0.25, -0.2) is 4.79 Å². The summed E-state index contributed by atoms with van der Waals surface area (Å²) < 4.78 is 0. The standard InChI is InChI=1S/C12H18O6/c1-2-8(11(15)16)6-7-9(12(17)18)4-3-5-10(13)14/h4,8H,2-3,5-7H2,1H3,(H,13,14)(H,15,16)(H,17,18). The van der Waals surface area contributed by atoms with E-state index in [2.05, 4.69) is 0 Å². The predicted octanol–water partition coefficient (Wildman–Crippen LogP) is 1.75. The molecule has 0 aliphatic carbocycles. The van der Waals surface area contributed by atoms with E-state index in [9.17, 15) is 14.4 Å². The van der Waals surface area contributed by atoms with Gasteiger partial charge in [0.2, 0.25) is 0 Å². The van der Waals surface area contributed by atoms with Gasteiger partial charge in [-0.15, -0.1) is 0 Å². The Balaban J connectivity index is 4.40. The summed E-state index contributed by atoms with van der Waals surface area (Å²) in [7, 11) is 0. The van der Waals surface area contributed by atoms with Crippen molar-refractivity contribution >= 4 is 17.9 Å². The highest BCUT2D eigenvalue weighted by atomic mass is 16.4. The van der Waals surface area contributed by atoms with Gasteiger partial charge in [-0.2, -0.15) is 0 Å². The monoisotopic (exact) mass is 258 g/mol. The molecule has 102 valence electrons. The Hall–Kier alpha value is -1.85. The lowest BCUT2D eigenvalue weighted by Crippen LogP contribution is -2.14. The second kappa shape index (κ2) is 8.27. The van der Waals surface area contributed by atoms with Crippen molar-refractivity contribution in [2.45, 2.75) is 39.0 Å². The summed E-state index contributed by atoms with van der Waals surface area (Å²) in [5.74, 6) is -3.62. The summed E-state index contributed by atoms with van der Waals surface area (Å²) in [4.78, 5) is 32.0. The van der Waals surface area contributed by atoms with Gasteiger partial charge in [0.1, 0.15) is 0 Å².